The molecule has 4 rings (SSSR count). The maximum Gasteiger partial charge on any atom is 0.340 e. The number of aryl methyl sites for hydroxylation is 2. The number of fused-ring (bicyclic) bond motifs is 1. The molecule has 0 amide bonds. The van der Waals surface area contributed by atoms with Crippen LogP contribution in [0.1, 0.15) is 73.9 Å². The molecular formula is C32H41ClN2O3. The Bertz CT molecular complexity index is 1340. The highest BCUT2D eigenvalue weighted by molar-refractivity contribution is 6.30. The van der Waals surface area contributed by atoms with Gasteiger partial charge in [-0.1, -0.05) is 70.0 Å². The number of nitrogens with zero attached hydrogens (tertiary/aromatic N) is 2. The van der Waals surface area contributed by atoms with E-state index >= 15 is 0 Å². The highest BCUT2D eigenvalue weighted by atomic mass is 35.5. The summed E-state index contributed by atoms with van der Waals surface area (Å²) < 4.78 is 12.9. The van der Waals surface area contributed by atoms with Gasteiger partial charge in [0.05, 0.1) is 25.0 Å². The Hall–Kier alpha value is -3.31. The Kier molecular flexibility index (Phi) is 11.9. The molecular weight excluding hydrogens is 496 g/mol. The molecule has 0 aliphatic carbocycles. The molecule has 0 bridgehead atoms. The van der Waals surface area contributed by atoms with E-state index in [2.05, 4.69) is 44.4 Å². The van der Waals surface area contributed by atoms with Crippen LogP contribution in [0.5, 0.6) is 5.75 Å². The number of hydrogen-bond acceptors (Lipinski definition) is 4. The first kappa shape index (κ1) is 30.9. The van der Waals surface area contributed by atoms with Crippen molar-refractivity contribution in [1.82, 2.24) is 9.55 Å². The standard InChI is InChI=1S/C27H27ClN2O3.C3H8.C2H6/c1-6-33-27(31)24-17(3)29-26-23(25(24)20-9-11-21(28)12-10-20)16(2)18(4)30(26)15-19-7-13-22(32-5)14-8-19;1-3-2;1-2/h7-14H,6,15H2,1-5H3;3H2,1-2H3;1-2H3. The van der Waals surface area contributed by atoms with Gasteiger partial charge in [-0.2, -0.15) is 0 Å². The van der Waals surface area contributed by atoms with Crippen LogP contribution >= 0.6 is 11.6 Å². The summed E-state index contributed by atoms with van der Waals surface area (Å²) in [6, 6.07) is 15.6. The van der Waals surface area contributed by atoms with Crippen molar-refractivity contribution in [2.24, 2.45) is 0 Å². The van der Waals surface area contributed by atoms with Gasteiger partial charge in [-0.05, 0) is 68.7 Å². The van der Waals surface area contributed by atoms with Crippen molar-refractivity contribution >= 4 is 28.6 Å². The summed E-state index contributed by atoms with van der Waals surface area (Å²) in [7, 11) is 1.66. The lowest BCUT2D eigenvalue weighted by Crippen LogP contribution is -2.11. The van der Waals surface area contributed by atoms with Crippen LogP contribution in [0.15, 0.2) is 48.5 Å². The van der Waals surface area contributed by atoms with Crippen LogP contribution in [0.25, 0.3) is 22.2 Å². The third-order valence-electron chi connectivity index (χ3n) is 6.05. The Morgan fingerprint density at radius 2 is 1.53 bits per heavy atom. The molecule has 0 spiro atoms. The van der Waals surface area contributed by atoms with E-state index in [0.29, 0.717) is 29.4 Å². The van der Waals surface area contributed by atoms with Crippen LogP contribution in [-0.2, 0) is 11.3 Å². The van der Waals surface area contributed by atoms with Crippen LogP contribution in [0.3, 0.4) is 0 Å². The van der Waals surface area contributed by atoms with Gasteiger partial charge < -0.3 is 14.0 Å². The van der Waals surface area contributed by atoms with Crippen LogP contribution < -0.4 is 4.74 Å². The summed E-state index contributed by atoms with van der Waals surface area (Å²) in [6.45, 7) is 17.0. The maximum atomic E-state index is 13.0. The van der Waals surface area contributed by atoms with Crippen molar-refractivity contribution in [3.63, 3.8) is 0 Å². The number of esters is 1. The Labute approximate surface area is 232 Å². The number of benzene rings is 2. The van der Waals surface area contributed by atoms with E-state index < -0.39 is 0 Å². The highest BCUT2D eigenvalue weighted by Gasteiger charge is 2.26. The predicted octanol–water partition coefficient (Wildman–Crippen LogP) is 8.96. The molecule has 2 heterocycles. The van der Waals surface area contributed by atoms with Gasteiger partial charge in [0.25, 0.3) is 0 Å². The molecule has 0 radical (unpaired) electrons. The molecule has 4 aromatic rings. The number of hydrogen-bond donors (Lipinski definition) is 0. The normalized spacial score (nSPS) is 10.3. The lowest BCUT2D eigenvalue weighted by atomic mass is 9.94. The number of pyridine rings is 1. The fourth-order valence-electron chi connectivity index (χ4n) is 4.25. The van der Waals surface area contributed by atoms with Gasteiger partial charge in [-0.15, -0.1) is 0 Å². The Balaban J connectivity index is 0.000000947. The number of carbonyl (C=O) groups excluding carboxylic acids is 1. The van der Waals surface area contributed by atoms with Gasteiger partial charge in [0.1, 0.15) is 11.4 Å². The fraction of sp³-hybridized carbons (Fsp3) is 0.375. The molecule has 2 aromatic carbocycles. The van der Waals surface area contributed by atoms with Crippen LogP contribution in [-0.4, -0.2) is 29.2 Å². The molecule has 38 heavy (non-hydrogen) atoms. The number of rotatable bonds is 6. The summed E-state index contributed by atoms with van der Waals surface area (Å²) in [5.74, 6) is 0.455. The first-order valence-electron chi connectivity index (χ1n) is 13.3. The smallest absolute Gasteiger partial charge is 0.340 e. The van der Waals surface area contributed by atoms with Crippen LogP contribution in [0.2, 0.25) is 5.02 Å². The van der Waals surface area contributed by atoms with Crippen molar-refractivity contribution in [1.29, 1.82) is 0 Å². The topological polar surface area (TPSA) is 53.3 Å². The lowest BCUT2D eigenvalue weighted by Gasteiger charge is -2.15. The molecule has 0 fully saturated rings. The van der Waals surface area contributed by atoms with Gasteiger partial charge in [0.15, 0.2) is 0 Å². The zero-order valence-corrected chi connectivity index (χ0v) is 25.0. The van der Waals surface area contributed by atoms with E-state index in [1.54, 1.807) is 7.11 Å². The van der Waals surface area contributed by atoms with E-state index in [1.807, 2.05) is 64.1 Å². The second-order valence-corrected chi connectivity index (χ2v) is 9.16. The predicted molar refractivity (Wildman–Crippen MR) is 160 cm³/mol. The first-order valence-corrected chi connectivity index (χ1v) is 13.7. The van der Waals surface area contributed by atoms with Crippen molar-refractivity contribution in [3.8, 4) is 16.9 Å². The minimum absolute atomic E-state index is 0.298. The number of ether oxygens (including phenoxy) is 2. The molecule has 0 atom stereocenters. The third kappa shape index (κ3) is 6.76. The molecule has 2 aromatic heterocycles. The zero-order chi connectivity index (χ0) is 28.4. The molecule has 6 heteroatoms. The van der Waals surface area contributed by atoms with Gasteiger partial charge in [-0.25, -0.2) is 9.78 Å². The van der Waals surface area contributed by atoms with Crippen LogP contribution in [0, 0.1) is 20.8 Å². The lowest BCUT2D eigenvalue weighted by molar-refractivity contribution is 0.0526. The number of aromatic nitrogens is 2. The van der Waals surface area contributed by atoms with Crippen molar-refractivity contribution < 1.29 is 14.3 Å². The monoisotopic (exact) mass is 536 g/mol. The largest absolute Gasteiger partial charge is 0.497 e. The minimum Gasteiger partial charge on any atom is -0.497 e. The number of halogens is 1. The van der Waals surface area contributed by atoms with E-state index in [1.165, 1.54) is 6.42 Å². The summed E-state index contributed by atoms with van der Waals surface area (Å²) in [5.41, 5.74) is 7.04. The van der Waals surface area contributed by atoms with Crippen molar-refractivity contribution in [2.75, 3.05) is 13.7 Å². The van der Waals surface area contributed by atoms with Gasteiger partial charge in [0, 0.05) is 28.2 Å². The summed E-state index contributed by atoms with van der Waals surface area (Å²) in [6.07, 6.45) is 1.25. The number of carbonyl (C=O) groups is 1. The molecule has 0 aliphatic rings. The van der Waals surface area contributed by atoms with Gasteiger partial charge in [0.2, 0.25) is 0 Å². The molecule has 0 saturated carbocycles. The molecule has 0 aliphatic heterocycles. The second-order valence-electron chi connectivity index (χ2n) is 8.72. The summed E-state index contributed by atoms with van der Waals surface area (Å²) >= 11 is 6.16. The SMILES string of the molecule is CC.CCC.CCOC(=O)c1c(C)nc2c(c(C)c(C)n2Cc2ccc(OC)cc2)c1-c1ccc(Cl)cc1. The number of methoxy groups -OCH3 is 1. The average Bonchev–Trinajstić information content (AvgIpc) is 3.15. The summed E-state index contributed by atoms with van der Waals surface area (Å²) in [4.78, 5) is 17.9. The van der Waals surface area contributed by atoms with Crippen molar-refractivity contribution in [2.45, 2.75) is 68.4 Å². The zero-order valence-electron chi connectivity index (χ0n) is 24.2. The molecule has 0 N–H and O–H groups in total. The van der Waals surface area contributed by atoms with E-state index in [0.717, 1.165) is 44.7 Å². The van der Waals surface area contributed by atoms with Gasteiger partial charge in [-0.3, -0.25) is 0 Å². The molecule has 5 nitrogen and oxygen atoms in total. The Morgan fingerprint density at radius 3 is 2.05 bits per heavy atom. The van der Waals surface area contributed by atoms with E-state index in [4.69, 9.17) is 26.1 Å². The summed E-state index contributed by atoms with van der Waals surface area (Å²) in [5, 5.41) is 1.60. The van der Waals surface area contributed by atoms with Crippen LogP contribution in [0.4, 0.5) is 0 Å². The van der Waals surface area contributed by atoms with E-state index in [-0.39, 0.29) is 5.97 Å². The third-order valence-corrected chi connectivity index (χ3v) is 6.30. The minimum atomic E-state index is -0.366. The average molecular weight is 537 g/mol. The van der Waals surface area contributed by atoms with Gasteiger partial charge >= 0.3 is 5.97 Å². The molecule has 204 valence electrons. The Morgan fingerprint density at radius 1 is 0.947 bits per heavy atom. The van der Waals surface area contributed by atoms with Crippen molar-refractivity contribution in [3.05, 3.63) is 81.6 Å². The maximum absolute atomic E-state index is 13.0. The highest BCUT2D eigenvalue weighted by Crippen LogP contribution is 2.38. The fourth-order valence-corrected chi connectivity index (χ4v) is 4.37. The second kappa shape index (κ2) is 14.6. The molecule has 0 unspecified atom stereocenters. The first-order chi connectivity index (χ1) is 18.3. The molecule has 0 saturated heterocycles. The van der Waals surface area contributed by atoms with E-state index in [9.17, 15) is 4.79 Å². The quantitative estimate of drug-likeness (QED) is 0.231.